The van der Waals surface area contributed by atoms with Crippen LogP contribution in [-0.4, -0.2) is 29.9 Å². The molecule has 0 aliphatic heterocycles. The van der Waals surface area contributed by atoms with Crippen molar-refractivity contribution in [1.29, 1.82) is 0 Å². The van der Waals surface area contributed by atoms with E-state index in [1.54, 1.807) is 12.4 Å². The third-order valence-corrected chi connectivity index (χ3v) is 7.09. The van der Waals surface area contributed by atoms with Crippen molar-refractivity contribution in [1.82, 2.24) is 15.6 Å². The molecule has 4 fully saturated rings. The third kappa shape index (κ3) is 4.92. The normalized spacial score (nSPS) is 30.2. The summed E-state index contributed by atoms with van der Waals surface area (Å²) in [5, 5.41) is 5.95. The first kappa shape index (κ1) is 19.4. The molecular formula is C23H33N3O2. The molecule has 0 aromatic carbocycles. The van der Waals surface area contributed by atoms with Gasteiger partial charge in [-0.05, 0) is 92.2 Å². The molecule has 2 amide bonds. The molecule has 0 saturated heterocycles. The molecule has 0 spiro atoms. The largest absolute Gasteiger partial charge is 0.356 e. The molecule has 1 aromatic rings. The molecule has 152 valence electrons. The molecular weight excluding hydrogens is 350 g/mol. The van der Waals surface area contributed by atoms with Gasteiger partial charge in [-0.25, -0.2) is 0 Å². The van der Waals surface area contributed by atoms with Crippen LogP contribution in [0.15, 0.2) is 24.5 Å². The van der Waals surface area contributed by atoms with Gasteiger partial charge >= 0.3 is 0 Å². The summed E-state index contributed by atoms with van der Waals surface area (Å²) >= 11 is 0. The summed E-state index contributed by atoms with van der Waals surface area (Å²) in [5.41, 5.74) is 1.51. The van der Waals surface area contributed by atoms with Gasteiger partial charge in [0.2, 0.25) is 11.8 Å². The molecule has 1 heterocycles. The van der Waals surface area contributed by atoms with Crippen LogP contribution in [-0.2, 0) is 16.0 Å². The molecule has 28 heavy (non-hydrogen) atoms. The highest BCUT2D eigenvalue weighted by atomic mass is 16.2. The fourth-order valence-corrected chi connectivity index (χ4v) is 6.38. The third-order valence-electron chi connectivity index (χ3n) is 7.09. The summed E-state index contributed by atoms with van der Waals surface area (Å²) in [7, 11) is 0. The average molecular weight is 384 g/mol. The van der Waals surface area contributed by atoms with Crippen molar-refractivity contribution in [2.24, 2.45) is 23.2 Å². The number of rotatable bonds is 9. The first-order chi connectivity index (χ1) is 13.6. The number of aryl methyl sites for hydroxylation is 1. The van der Waals surface area contributed by atoms with Crippen LogP contribution >= 0.6 is 0 Å². The number of pyridine rings is 1. The highest BCUT2D eigenvalue weighted by Crippen LogP contribution is 2.61. The number of hydrogen-bond acceptors (Lipinski definition) is 3. The number of nitrogens with one attached hydrogen (secondary N) is 2. The molecule has 4 aliphatic rings. The van der Waals surface area contributed by atoms with E-state index in [0.29, 0.717) is 25.9 Å². The van der Waals surface area contributed by atoms with Crippen molar-refractivity contribution < 1.29 is 9.59 Å². The molecule has 0 radical (unpaired) electrons. The molecule has 4 aliphatic carbocycles. The maximum absolute atomic E-state index is 12.5. The minimum atomic E-state index is 0.0184. The summed E-state index contributed by atoms with van der Waals surface area (Å²) in [5.74, 6) is 2.78. The maximum atomic E-state index is 12.5. The number of carbonyl (C=O) groups excluding carboxylic acids is 2. The van der Waals surface area contributed by atoms with Crippen LogP contribution < -0.4 is 10.6 Å². The van der Waals surface area contributed by atoms with Crippen molar-refractivity contribution in [3.8, 4) is 0 Å². The first-order valence-electron chi connectivity index (χ1n) is 11.0. The lowest BCUT2D eigenvalue weighted by atomic mass is 9.49. The second-order valence-corrected chi connectivity index (χ2v) is 9.50. The summed E-state index contributed by atoms with van der Waals surface area (Å²) in [6.45, 7) is 1.11. The molecule has 1 aromatic heterocycles. The van der Waals surface area contributed by atoms with Crippen LogP contribution in [0.5, 0.6) is 0 Å². The van der Waals surface area contributed by atoms with E-state index in [4.69, 9.17) is 0 Å². The number of carbonyl (C=O) groups is 2. The predicted molar refractivity (Wildman–Crippen MR) is 108 cm³/mol. The Hall–Kier alpha value is -1.91. The smallest absolute Gasteiger partial charge is 0.221 e. The van der Waals surface area contributed by atoms with Crippen molar-refractivity contribution in [2.45, 2.75) is 64.2 Å². The van der Waals surface area contributed by atoms with Crippen molar-refractivity contribution in [3.05, 3.63) is 30.1 Å². The summed E-state index contributed by atoms with van der Waals surface area (Å²) in [4.78, 5) is 28.5. The summed E-state index contributed by atoms with van der Waals surface area (Å²) < 4.78 is 0. The van der Waals surface area contributed by atoms with Crippen molar-refractivity contribution in [2.75, 3.05) is 13.1 Å². The molecule has 4 bridgehead atoms. The lowest BCUT2D eigenvalue weighted by Crippen LogP contribution is -2.48. The Labute approximate surface area is 168 Å². The van der Waals surface area contributed by atoms with E-state index in [1.807, 2.05) is 12.1 Å². The van der Waals surface area contributed by atoms with E-state index in [0.717, 1.165) is 30.6 Å². The van der Waals surface area contributed by atoms with Crippen LogP contribution in [0.25, 0.3) is 0 Å². The second kappa shape index (κ2) is 8.62. The lowest BCUT2D eigenvalue weighted by molar-refractivity contribution is -0.129. The first-order valence-corrected chi connectivity index (χ1v) is 11.0. The van der Waals surface area contributed by atoms with E-state index in [1.165, 1.54) is 44.1 Å². The van der Waals surface area contributed by atoms with Gasteiger partial charge in [-0.15, -0.1) is 0 Å². The number of nitrogens with zero attached hydrogens (tertiary/aromatic N) is 1. The van der Waals surface area contributed by atoms with Crippen LogP contribution in [0.2, 0.25) is 0 Å². The molecule has 2 N–H and O–H groups in total. The zero-order valence-electron chi connectivity index (χ0n) is 16.8. The van der Waals surface area contributed by atoms with Gasteiger partial charge in [-0.2, -0.15) is 0 Å². The van der Waals surface area contributed by atoms with Gasteiger partial charge < -0.3 is 10.6 Å². The van der Waals surface area contributed by atoms with Gasteiger partial charge in [0, 0.05) is 38.3 Å². The fourth-order valence-electron chi connectivity index (χ4n) is 6.38. The Morgan fingerprint density at radius 1 is 0.929 bits per heavy atom. The van der Waals surface area contributed by atoms with E-state index in [9.17, 15) is 9.59 Å². The van der Waals surface area contributed by atoms with Gasteiger partial charge in [0.15, 0.2) is 0 Å². The highest BCUT2D eigenvalue weighted by Gasteiger charge is 2.51. The van der Waals surface area contributed by atoms with E-state index in [-0.39, 0.29) is 17.2 Å². The van der Waals surface area contributed by atoms with Gasteiger partial charge in [0.05, 0.1) is 0 Å². The fraction of sp³-hybridized carbons (Fsp3) is 0.696. The van der Waals surface area contributed by atoms with Crippen LogP contribution in [0.3, 0.4) is 0 Å². The van der Waals surface area contributed by atoms with Crippen LogP contribution in [0, 0.1) is 23.2 Å². The monoisotopic (exact) mass is 383 g/mol. The Morgan fingerprint density at radius 2 is 1.54 bits per heavy atom. The van der Waals surface area contributed by atoms with Crippen molar-refractivity contribution >= 4 is 11.8 Å². The predicted octanol–water partition coefficient (Wildman–Crippen LogP) is 3.24. The van der Waals surface area contributed by atoms with Gasteiger partial charge in [-0.1, -0.05) is 0 Å². The van der Waals surface area contributed by atoms with Gasteiger partial charge in [0.1, 0.15) is 0 Å². The minimum absolute atomic E-state index is 0.0184. The standard InChI is InChI=1S/C23H33N3O2/c27-21(25-6-1-2-17-3-7-24-8-4-17)5-9-26-22(28)16-23-13-18-10-19(14-23)12-20(11-18)15-23/h3-4,7-8,18-20H,1-2,5-6,9-16H2,(H,25,27)(H,26,28). The molecule has 4 saturated carbocycles. The topological polar surface area (TPSA) is 71.1 Å². The highest BCUT2D eigenvalue weighted by molar-refractivity contribution is 5.79. The van der Waals surface area contributed by atoms with E-state index >= 15 is 0 Å². The Morgan fingerprint density at radius 3 is 2.18 bits per heavy atom. The van der Waals surface area contributed by atoms with E-state index in [2.05, 4.69) is 15.6 Å². The number of hydrogen-bond donors (Lipinski definition) is 2. The van der Waals surface area contributed by atoms with Gasteiger partial charge in [-0.3, -0.25) is 14.6 Å². The molecule has 0 atom stereocenters. The summed E-state index contributed by atoms with van der Waals surface area (Å²) in [6.07, 6.45) is 14.4. The van der Waals surface area contributed by atoms with Crippen LogP contribution in [0.1, 0.15) is 63.4 Å². The SMILES string of the molecule is O=C(CCNC(=O)CC12CC3CC(CC(C3)C1)C2)NCCCc1ccncc1. The second-order valence-electron chi connectivity index (χ2n) is 9.50. The van der Waals surface area contributed by atoms with Gasteiger partial charge in [0.25, 0.3) is 0 Å². The number of aromatic nitrogens is 1. The van der Waals surface area contributed by atoms with Crippen molar-refractivity contribution in [3.63, 3.8) is 0 Å². The quantitative estimate of drug-likeness (QED) is 0.643. The zero-order chi connectivity index (χ0) is 19.4. The average Bonchev–Trinajstić information content (AvgIpc) is 2.64. The Kier molecular flexibility index (Phi) is 5.98. The minimum Gasteiger partial charge on any atom is -0.356 e. The Balaban J connectivity index is 1.10. The van der Waals surface area contributed by atoms with Crippen LogP contribution in [0.4, 0.5) is 0 Å². The lowest BCUT2D eigenvalue weighted by Gasteiger charge is -2.56. The molecule has 5 nitrogen and oxygen atoms in total. The molecule has 0 unspecified atom stereocenters. The van der Waals surface area contributed by atoms with E-state index < -0.39 is 0 Å². The zero-order valence-corrected chi connectivity index (χ0v) is 16.8. The number of amides is 2. The molecule has 5 heteroatoms. The molecule has 5 rings (SSSR count). The Bertz CT molecular complexity index is 653. The summed E-state index contributed by atoms with van der Waals surface area (Å²) in [6, 6.07) is 4.00. The maximum Gasteiger partial charge on any atom is 0.221 e.